The van der Waals surface area contributed by atoms with Crippen molar-refractivity contribution in [2.45, 2.75) is 5.16 Å². The third kappa shape index (κ3) is 3.82. The first-order valence-electron chi connectivity index (χ1n) is 9.71. The second-order valence-corrected chi connectivity index (χ2v) is 8.92. The molecule has 31 heavy (non-hydrogen) atoms. The van der Waals surface area contributed by atoms with Crippen molar-refractivity contribution in [3.8, 4) is 22.5 Å². The molecule has 0 aliphatic heterocycles. The van der Waals surface area contributed by atoms with Crippen molar-refractivity contribution in [1.82, 2.24) is 15.0 Å². The minimum absolute atomic E-state index is 0.258. The van der Waals surface area contributed by atoms with Crippen molar-refractivity contribution in [3.63, 3.8) is 0 Å². The molecule has 2 aromatic carbocycles. The maximum absolute atomic E-state index is 13.4. The smallest absolute Gasteiger partial charge is 0.166 e. The van der Waals surface area contributed by atoms with Gasteiger partial charge in [0.05, 0.1) is 16.4 Å². The summed E-state index contributed by atoms with van der Waals surface area (Å²) in [5, 5.41) is 3.16. The molecule has 154 valence electrons. The van der Waals surface area contributed by atoms with Crippen LogP contribution in [0.1, 0.15) is 0 Å². The number of imidazole rings is 1. The number of anilines is 2. The summed E-state index contributed by atoms with van der Waals surface area (Å²) >= 11 is 3.28. The predicted molar refractivity (Wildman–Crippen MR) is 129 cm³/mol. The standard InChI is InChI=1S/C24H19FN4S2/c1-29(21-14-16-5-3-4-6-19(16)31-21)20-13-17(11-12-26-20)23-22(27-24(28-23)30-2)15-7-9-18(25)10-8-15/h3-14H,1-2H3,(H,27,28). The summed E-state index contributed by atoms with van der Waals surface area (Å²) in [5.41, 5.74) is 3.53. The molecule has 0 saturated carbocycles. The number of hydrogen-bond acceptors (Lipinski definition) is 5. The molecule has 0 saturated heterocycles. The van der Waals surface area contributed by atoms with Gasteiger partial charge in [-0.15, -0.1) is 11.3 Å². The molecule has 5 aromatic rings. The molecule has 4 nitrogen and oxygen atoms in total. The van der Waals surface area contributed by atoms with Crippen LogP contribution in [0.5, 0.6) is 0 Å². The van der Waals surface area contributed by atoms with Crippen molar-refractivity contribution in [2.75, 3.05) is 18.2 Å². The molecule has 3 aromatic heterocycles. The molecule has 7 heteroatoms. The number of H-pyrrole nitrogens is 1. The zero-order valence-electron chi connectivity index (χ0n) is 17.0. The van der Waals surface area contributed by atoms with Gasteiger partial charge in [0.1, 0.15) is 11.6 Å². The first kappa shape index (κ1) is 19.8. The summed E-state index contributed by atoms with van der Waals surface area (Å²) in [4.78, 5) is 14.8. The lowest BCUT2D eigenvalue weighted by molar-refractivity contribution is 0.628. The second kappa shape index (κ2) is 8.17. The first-order chi connectivity index (χ1) is 15.1. The van der Waals surface area contributed by atoms with Crippen LogP contribution in [0.15, 0.2) is 78.1 Å². The summed E-state index contributed by atoms with van der Waals surface area (Å²) < 4.78 is 14.7. The Morgan fingerprint density at radius 3 is 2.58 bits per heavy atom. The van der Waals surface area contributed by atoms with Gasteiger partial charge in [-0.25, -0.2) is 14.4 Å². The van der Waals surface area contributed by atoms with Crippen LogP contribution >= 0.6 is 23.1 Å². The van der Waals surface area contributed by atoms with Gasteiger partial charge in [0, 0.05) is 29.1 Å². The summed E-state index contributed by atoms with van der Waals surface area (Å²) in [5.74, 6) is 0.578. The Morgan fingerprint density at radius 2 is 1.81 bits per heavy atom. The molecule has 0 aliphatic carbocycles. The maximum atomic E-state index is 13.4. The van der Waals surface area contributed by atoms with Gasteiger partial charge in [0.15, 0.2) is 5.16 Å². The lowest BCUT2D eigenvalue weighted by atomic mass is 10.1. The van der Waals surface area contributed by atoms with E-state index in [-0.39, 0.29) is 5.82 Å². The number of rotatable bonds is 5. The molecule has 0 unspecified atom stereocenters. The number of thiophene rings is 1. The molecule has 5 rings (SSSR count). The monoisotopic (exact) mass is 446 g/mol. The van der Waals surface area contributed by atoms with Crippen LogP contribution in [-0.2, 0) is 0 Å². The number of thioether (sulfide) groups is 1. The highest BCUT2D eigenvalue weighted by Gasteiger charge is 2.16. The van der Waals surface area contributed by atoms with Gasteiger partial charge in [0.2, 0.25) is 0 Å². The van der Waals surface area contributed by atoms with E-state index in [0.29, 0.717) is 0 Å². The topological polar surface area (TPSA) is 44.8 Å². The fraction of sp³-hybridized carbons (Fsp3) is 0.0833. The van der Waals surface area contributed by atoms with Crippen LogP contribution in [0.25, 0.3) is 32.6 Å². The predicted octanol–water partition coefficient (Wildman–Crippen LogP) is 6.98. The number of nitrogens with one attached hydrogen (secondary N) is 1. The van der Waals surface area contributed by atoms with Crippen molar-refractivity contribution < 1.29 is 4.39 Å². The van der Waals surface area contributed by atoms with E-state index in [9.17, 15) is 4.39 Å². The van der Waals surface area contributed by atoms with Crippen LogP contribution in [0.2, 0.25) is 0 Å². The highest BCUT2D eigenvalue weighted by atomic mass is 32.2. The molecule has 1 N–H and O–H groups in total. The molecule has 0 bridgehead atoms. The fourth-order valence-electron chi connectivity index (χ4n) is 3.48. The zero-order chi connectivity index (χ0) is 21.4. The van der Waals surface area contributed by atoms with Gasteiger partial charge in [-0.05, 0) is 60.2 Å². The van der Waals surface area contributed by atoms with E-state index in [0.717, 1.165) is 38.5 Å². The number of benzene rings is 2. The summed E-state index contributed by atoms with van der Waals surface area (Å²) in [7, 11) is 2.02. The highest BCUT2D eigenvalue weighted by Crippen LogP contribution is 2.37. The van der Waals surface area contributed by atoms with E-state index in [1.165, 1.54) is 22.2 Å². The van der Waals surface area contributed by atoms with Crippen LogP contribution in [-0.4, -0.2) is 28.3 Å². The molecule has 0 aliphatic rings. The number of hydrogen-bond donors (Lipinski definition) is 1. The summed E-state index contributed by atoms with van der Waals surface area (Å²) in [6, 6.07) is 21.0. The Hall–Kier alpha value is -3.16. The fourth-order valence-corrected chi connectivity index (χ4v) is 4.90. The van der Waals surface area contributed by atoms with Crippen LogP contribution in [0, 0.1) is 5.82 Å². The van der Waals surface area contributed by atoms with Crippen LogP contribution < -0.4 is 4.90 Å². The highest BCUT2D eigenvalue weighted by molar-refractivity contribution is 7.98. The lowest BCUT2D eigenvalue weighted by Crippen LogP contribution is -2.09. The molecule has 0 spiro atoms. The van der Waals surface area contributed by atoms with Crippen molar-refractivity contribution in [3.05, 3.63) is 78.7 Å². The van der Waals surface area contributed by atoms with Gasteiger partial charge in [-0.1, -0.05) is 30.0 Å². The van der Waals surface area contributed by atoms with Crippen molar-refractivity contribution in [1.29, 1.82) is 0 Å². The maximum Gasteiger partial charge on any atom is 0.166 e. The van der Waals surface area contributed by atoms with Gasteiger partial charge in [-0.3, -0.25) is 0 Å². The Morgan fingerprint density at radius 1 is 1.00 bits per heavy atom. The molecule has 0 fully saturated rings. The number of pyridine rings is 1. The van der Waals surface area contributed by atoms with E-state index in [1.807, 2.05) is 25.4 Å². The Balaban J connectivity index is 1.56. The van der Waals surface area contributed by atoms with E-state index in [1.54, 1.807) is 41.4 Å². The molecule has 0 radical (unpaired) electrons. The number of halogens is 1. The minimum Gasteiger partial charge on any atom is -0.332 e. The Bertz CT molecular complexity index is 1320. The van der Waals surface area contributed by atoms with Crippen LogP contribution in [0.3, 0.4) is 0 Å². The first-order valence-corrected chi connectivity index (χ1v) is 11.7. The Kier molecular flexibility index (Phi) is 5.21. The zero-order valence-corrected chi connectivity index (χ0v) is 18.6. The third-order valence-corrected chi connectivity index (χ3v) is 6.89. The Labute approximate surface area is 187 Å². The number of nitrogens with zero attached hydrogens (tertiary/aromatic N) is 3. The van der Waals surface area contributed by atoms with E-state index in [4.69, 9.17) is 4.98 Å². The van der Waals surface area contributed by atoms with Gasteiger partial charge in [0.25, 0.3) is 0 Å². The van der Waals surface area contributed by atoms with Crippen LogP contribution in [0.4, 0.5) is 15.2 Å². The van der Waals surface area contributed by atoms with Crippen molar-refractivity contribution >= 4 is 44.0 Å². The van der Waals surface area contributed by atoms with Gasteiger partial charge < -0.3 is 9.88 Å². The SMILES string of the molecule is CSc1nc(-c2ccnc(N(C)c3cc4ccccc4s3)c2)c(-c2ccc(F)cc2)[nH]1. The largest absolute Gasteiger partial charge is 0.332 e. The second-order valence-electron chi connectivity index (χ2n) is 7.06. The molecular weight excluding hydrogens is 427 g/mol. The summed E-state index contributed by atoms with van der Waals surface area (Å²) in [6.45, 7) is 0. The number of aromatic nitrogens is 3. The van der Waals surface area contributed by atoms with E-state index in [2.05, 4.69) is 45.2 Å². The number of aromatic amines is 1. The average Bonchev–Trinajstić information content (AvgIpc) is 3.44. The average molecular weight is 447 g/mol. The molecule has 3 heterocycles. The van der Waals surface area contributed by atoms with E-state index < -0.39 is 0 Å². The normalized spacial score (nSPS) is 11.2. The van der Waals surface area contributed by atoms with Gasteiger partial charge in [-0.2, -0.15) is 0 Å². The van der Waals surface area contributed by atoms with Crippen molar-refractivity contribution in [2.24, 2.45) is 0 Å². The molecule has 0 amide bonds. The third-order valence-electron chi connectivity index (χ3n) is 5.11. The molecule has 0 atom stereocenters. The summed E-state index contributed by atoms with van der Waals surface area (Å²) in [6.07, 6.45) is 3.78. The van der Waals surface area contributed by atoms with E-state index >= 15 is 0 Å². The minimum atomic E-state index is -0.258. The quantitative estimate of drug-likeness (QED) is 0.296. The molecular formula is C24H19FN4S2. The lowest BCUT2D eigenvalue weighted by Gasteiger charge is -2.16. The van der Waals surface area contributed by atoms with Gasteiger partial charge >= 0.3 is 0 Å². The number of fused-ring (bicyclic) bond motifs is 1.